The number of thiazole rings is 1. The summed E-state index contributed by atoms with van der Waals surface area (Å²) in [6.45, 7) is 4.21. The number of hydrogen-bond acceptors (Lipinski definition) is 2. The average Bonchev–Trinajstić information content (AvgIpc) is 2.34. The highest BCUT2D eigenvalue weighted by Crippen LogP contribution is 2.06. The van der Waals surface area contributed by atoms with Gasteiger partial charge in [-0.05, 0) is 13.8 Å². The van der Waals surface area contributed by atoms with Crippen LogP contribution in [0.1, 0.15) is 18.9 Å². The zero-order valence-corrected chi connectivity index (χ0v) is 7.11. The van der Waals surface area contributed by atoms with E-state index >= 15 is 0 Å². The van der Waals surface area contributed by atoms with E-state index in [1.165, 1.54) is 10.6 Å². The largest absolute Gasteiger partial charge is 0.249 e. The third-order valence-corrected chi connectivity index (χ3v) is 1.97. The molecule has 0 amide bonds. The fraction of sp³-hybridized carbons (Fsp3) is 0.375. The van der Waals surface area contributed by atoms with Crippen molar-refractivity contribution < 1.29 is 0 Å². The fourth-order valence-corrected chi connectivity index (χ4v) is 1.23. The van der Waals surface area contributed by atoms with Gasteiger partial charge in [0.25, 0.3) is 0 Å². The van der Waals surface area contributed by atoms with E-state index in [1.807, 2.05) is 11.6 Å². The number of nitrogens with zero attached hydrogens (tertiary/aromatic N) is 1. The summed E-state index contributed by atoms with van der Waals surface area (Å²) in [5.41, 5.74) is 1.36. The quantitative estimate of drug-likeness (QED) is 0.595. The normalized spacial score (nSPS) is 9.40. The van der Waals surface area contributed by atoms with Crippen molar-refractivity contribution in [3.05, 3.63) is 28.2 Å². The summed E-state index contributed by atoms with van der Waals surface area (Å²) in [5, 5.41) is 3.20. The van der Waals surface area contributed by atoms with Gasteiger partial charge in [-0.2, -0.15) is 0 Å². The van der Waals surface area contributed by atoms with Crippen LogP contribution in [0.25, 0.3) is 0 Å². The first-order chi connectivity index (χ1) is 4.79. The number of rotatable bonds is 2. The first-order valence-electron chi connectivity index (χ1n) is 3.31. The highest BCUT2D eigenvalue weighted by Gasteiger charge is 1.89. The zero-order chi connectivity index (χ0) is 7.40. The monoisotopic (exact) mass is 153 g/mol. The summed E-state index contributed by atoms with van der Waals surface area (Å²) < 4.78 is 0. The molecule has 10 heavy (non-hydrogen) atoms. The van der Waals surface area contributed by atoms with E-state index in [0.29, 0.717) is 0 Å². The lowest BCUT2D eigenvalue weighted by molar-refractivity contribution is 1.16. The summed E-state index contributed by atoms with van der Waals surface area (Å²) in [4.78, 5) is 4.16. The molecular formula is C8H11NS. The van der Waals surface area contributed by atoms with Crippen molar-refractivity contribution in [2.45, 2.75) is 20.3 Å². The van der Waals surface area contributed by atoms with Gasteiger partial charge in [-0.15, -0.1) is 11.3 Å². The molecule has 1 aromatic heterocycles. The molecule has 0 fully saturated rings. The molecule has 0 saturated heterocycles. The predicted molar refractivity (Wildman–Crippen MR) is 45.2 cm³/mol. The molecule has 0 aliphatic carbocycles. The van der Waals surface area contributed by atoms with Crippen LogP contribution in [-0.4, -0.2) is 4.98 Å². The van der Waals surface area contributed by atoms with Crippen LogP contribution in [0.3, 0.4) is 0 Å². The molecule has 1 nitrogen and oxygen atoms in total. The van der Waals surface area contributed by atoms with E-state index in [2.05, 4.69) is 24.9 Å². The molecule has 1 heterocycles. The summed E-state index contributed by atoms with van der Waals surface area (Å²) in [6.07, 6.45) is 5.03. The van der Waals surface area contributed by atoms with Crippen LogP contribution < -0.4 is 0 Å². The Bertz CT molecular complexity index is 207. The Balaban J connectivity index is 2.49. The Labute approximate surface area is 65.4 Å². The number of allylic oxidation sites excluding steroid dienone is 2. The molecule has 0 spiro atoms. The van der Waals surface area contributed by atoms with Crippen molar-refractivity contribution in [3.8, 4) is 0 Å². The highest BCUT2D eigenvalue weighted by atomic mass is 32.1. The Kier molecular flexibility index (Phi) is 2.63. The molecular weight excluding hydrogens is 142 g/mol. The van der Waals surface area contributed by atoms with E-state index in [1.54, 1.807) is 11.3 Å². The van der Waals surface area contributed by atoms with Gasteiger partial charge in [0.15, 0.2) is 0 Å². The van der Waals surface area contributed by atoms with Crippen LogP contribution in [0.4, 0.5) is 0 Å². The van der Waals surface area contributed by atoms with Crippen LogP contribution in [-0.2, 0) is 6.42 Å². The lowest BCUT2D eigenvalue weighted by atomic mass is 10.3. The van der Waals surface area contributed by atoms with E-state index in [9.17, 15) is 0 Å². The SMILES string of the molecule is CC(C)=CCc1nccs1. The predicted octanol–water partition coefficient (Wildman–Crippen LogP) is 2.65. The van der Waals surface area contributed by atoms with Gasteiger partial charge in [0.1, 0.15) is 0 Å². The molecule has 0 aromatic carbocycles. The summed E-state index contributed by atoms with van der Waals surface area (Å²) in [7, 11) is 0. The van der Waals surface area contributed by atoms with E-state index in [4.69, 9.17) is 0 Å². The topological polar surface area (TPSA) is 12.9 Å². The molecule has 0 unspecified atom stereocenters. The lowest BCUT2D eigenvalue weighted by Gasteiger charge is -1.87. The van der Waals surface area contributed by atoms with Crippen LogP contribution in [0.15, 0.2) is 23.2 Å². The van der Waals surface area contributed by atoms with Crippen molar-refractivity contribution in [1.29, 1.82) is 0 Å². The van der Waals surface area contributed by atoms with Gasteiger partial charge in [0.2, 0.25) is 0 Å². The van der Waals surface area contributed by atoms with Gasteiger partial charge in [-0.1, -0.05) is 11.6 Å². The molecule has 1 rings (SSSR count). The maximum absolute atomic E-state index is 4.16. The molecule has 0 bridgehead atoms. The lowest BCUT2D eigenvalue weighted by Crippen LogP contribution is -1.77. The van der Waals surface area contributed by atoms with Crippen LogP contribution in [0.5, 0.6) is 0 Å². The smallest absolute Gasteiger partial charge is 0.0962 e. The van der Waals surface area contributed by atoms with Gasteiger partial charge in [0.05, 0.1) is 5.01 Å². The average molecular weight is 153 g/mol. The third kappa shape index (κ3) is 2.31. The van der Waals surface area contributed by atoms with Gasteiger partial charge in [-0.25, -0.2) is 4.98 Å². The van der Waals surface area contributed by atoms with Crippen LogP contribution in [0, 0.1) is 0 Å². The number of hydrogen-bond donors (Lipinski definition) is 0. The van der Waals surface area contributed by atoms with E-state index in [-0.39, 0.29) is 0 Å². The van der Waals surface area contributed by atoms with Crippen LogP contribution >= 0.6 is 11.3 Å². The minimum Gasteiger partial charge on any atom is -0.249 e. The zero-order valence-electron chi connectivity index (χ0n) is 6.29. The molecule has 0 N–H and O–H groups in total. The Morgan fingerprint density at radius 2 is 2.50 bits per heavy atom. The van der Waals surface area contributed by atoms with Gasteiger partial charge >= 0.3 is 0 Å². The Morgan fingerprint density at radius 1 is 1.70 bits per heavy atom. The minimum atomic E-state index is 0.986. The molecule has 54 valence electrons. The van der Waals surface area contributed by atoms with Gasteiger partial charge < -0.3 is 0 Å². The second-order valence-electron chi connectivity index (χ2n) is 2.41. The summed E-state index contributed by atoms with van der Waals surface area (Å²) in [6, 6.07) is 0. The summed E-state index contributed by atoms with van der Waals surface area (Å²) in [5.74, 6) is 0. The minimum absolute atomic E-state index is 0.986. The Morgan fingerprint density at radius 3 is 3.00 bits per heavy atom. The number of aromatic nitrogens is 1. The first kappa shape index (κ1) is 7.48. The molecule has 0 aliphatic heterocycles. The Hall–Kier alpha value is -0.630. The first-order valence-corrected chi connectivity index (χ1v) is 4.19. The maximum Gasteiger partial charge on any atom is 0.0962 e. The van der Waals surface area contributed by atoms with E-state index < -0.39 is 0 Å². The van der Waals surface area contributed by atoms with Gasteiger partial charge in [0, 0.05) is 18.0 Å². The van der Waals surface area contributed by atoms with Crippen molar-refractivity contribution in [1.82, 2.24) is 4.98 Å². The molecule has 0 atom stereocenters. The second-order valence-corrected chi connectivity index (χ2v) is 3.39. The molecule has 2 heteroatoms. The van der Waals surface area contributed by atoms with Crippen molar-refractivity contribution in [3.63, 3.8) is 0 Å². The molecule has 0 aliphatic rings. The van der Waals surface area contributed by atoms with Crippen molar-refractivity contribution in [2.75, 3.05) is 0 Å². The third-order valence-electron chi connectivity index (χ3n) is 1.17. The van der Waals surface area contributed by atoms with Crippen molar-refractivity contribution in [2.24, 2.45) is 0 Å². The van der Waals surface area contributed by atoms with E-state index in [0.717, 1.165) is 6.42 Å². The summed E-state index contributed by atoms with van der Waals surface area (Å²) >= 11 is 1.71. The highest BCUT2D eigenvalue weighted by molar-refractivity contribution is 7.09. The van der Waals surface area contributed by atoms with Crippen LogP contribution in [0.2, 0.25) is 0 Å². The van der Waals surface area contributed by atoms with Gasteiger partial charge in [-0.3, -0.25) is 0 Å². The fourth-order valence-electron chi connectivity index (χ4n) is 0.645. The molecule has 0 saturated carbocycles. The molecule has 1 aromatic rings. The standard InChI is InChI=1S/C8H11NS/c1-7(2)3-4-8-9-5-6-10-8/h3,5-6H,4H2,1-2H3. The maximum atomic E-state index is 4.16. The molecule has 0 radical (unpaired) electrons. The van der Waals surface area contributed by atoms with Crippen molar-refractivity contribution >= 4 is 11.3 Å². The second kappa shape index (κ2) is 3.52.